The molecule has 96 valence electrons. The number of benzene rings is 1. The topological polar surface area (TPSA) is 83.0 Å². The van der Waals surface area contributed by atoms with Gasteiger partial charge in [-0.2, -0.15) is 5.10 Å². The van der Waals surface area contributed by atoms with Crippen LogP contribution in [0, 0.1) is 0 Å². The minimum Gasteiger partial charge on any atom is -0.289 e. The minimum atomic E-state index is -0.329. The molecule has 0 fully saturated rings. The Balaban J connectivity index is 1.99. The minimum absolute atomic E-state index is 0.205. The second kappa shape index (κ2) is 6.25. The SMILES string of the molecule is CC(/C=N\Nc1nncc(=O)[nH]1)=C/c1ccccc1. The summed E-state index contributed by atoms with van der Waals surface area (Å²) < 4.78 is 0. The van der Waals surface area contributed by atoms with Crippen LogP contribution in [0.5, 0.6) is 0 Å². The summed E-state index contributed by atoms with van der Waals surface area (Å²) in [7, 11) is 0. The lowest BCUT2D eigenvalue weighted by Gasteiger charge is -1.97. The van der Waals surface area contributed by atoms with Crippen LogP contribution < -0.4 is 11.0 Å². The van der Waals surface area contributed by atoms with Crippen LogP contribution in [0.15, 0.2) is 52.0 Å². The Morgan fingerprint density at radius 2 is 2.16 bits per heavy atom. The number of anilines is 1. The van der Waals surface area contributed by atoms with Gasteiger partial charge in [-0.3, -0.25) is 9.78 Å². The van der Waals surface area contributed by atoms with Gasteiger partial charge >= 0.3 is 0 Å². The van der Waals surface area contributed by atoms with E-state index in [9.17, 15) is 4.79 Å². The van der Waals surface area contributed by atoms with E-state index in [2.05, 4.69) is 25.7 Å². The number of H-pyrrole nitrogens is 1. The Labute approximate surface area is 109 Å². The number of rotatable bonds is 4. The maximum absolute atomic E-state index is 11.0. The molecule has 0 bridgehead atoms. The molecule has 0 saturated carbocycles. The number of hydrogen-bond acceptors (Lipinski definition) is 5. The lowest BCUT2D eigenvalue weighted by Crippen LogP contribution is -2.10. The summed E-state index contributed by atoms with van der Waals surface area (Å²) in [6.45, 7) is 1.93. The van der Waals surface area contributed by atoms with Crippen molar-refractivity contribution in [3.8, 4) is 0 Å². The first-order chi connectivity index (χ1) is 9.24. The van der Waals surface area contributed by atoms with Crippen LogP contribution in [0.4, 0.5) is 5.95 Å². The van der Waals surface area contributed by atoms with E-state index in [1.165, 1.54) is 0 Å². The molecule has 0 aliphatic heterocycles. The smallest absolute Gasteiger partial charge is 0.271 e. The third-order valence-corrected chi connectivity index (χ3v) is 2.21. The van der Waals surface area contributed by atoms with E-state index < -0.39 is 0 Å². The van der Waals surface area contributed by atoms with Gasteiger partial charge in [-0.05, 0) is 18.1 Å². The third kappa shape index (κ3) is 4.19. The van der Waals surface area contributed by atoms with Crippen molar-refractivity contribution in [2.45, 2.75) is 6.92 Å². The van der Waals surface area contributed by atoms with Crippen molar-refractivity contribution in [3.63, 3.8) is 0 Å². The van der Waals surface area contributed by atoms with Crippen LogP contribution in [0.3, 0.4) is 0 Å². The molecule has 0 aliphatic rings. The molecule has 19 heavy (non-hydrogen) atoms. The molecule has 0 aliphatic carbocycles. The van der Waals surface area contributed by atoms with Gasteiger partial charge in [0.2, 0.25) is 5.95 Å². The molecule has 1 aromatic carbocycles. The first kappa shape index (κ1) is 12.7. The maximum Gasteiger partial charge on any atom is 0.271 e. The zero-order chi connectivity index (χ0) is 13.5. The third-order valence-electron chi connectivity index (χ3n) is 2.21. The monoisotopic (exact) mass is 255 g/mol. The van der Waals surface area contributed by atoms with E-state index in [0.717, 1.165) is 17.3 Å². The van der Waals surface area contributed by atoms with Gasteiger partial charge in [0.15, 0.2) is 0 Å². The van der Waals surface area contributed by atoms with E-state index in [0.29, 0.717) is 0 Å². The van der Waals surface area contributed by atoms with E-state index in [1.807, 2.05) is 43.3 Å². The molecule has 6 nitrogen and oxygen atoms in total. The van der Waals surface area contributed by atoms with Crippen molar-refractivity contribution in [2.24, 2.45) is 5.10 Å². The number of nitrogens with zero attached hydrogens (tertiary/aromatic N) is 3. The summed E-state index contributed by atoms with van der Waals surface area (Å²) in [5, 5.41) is 11.1. The van der Waals surface area contributed by atoms with E-state index >= 15 is 0 Å². The Bertz CT molecular complexity index is 645. The number of nitrogens with one attached hydrogen (secondary N) is 2. The lowest BCUT2D eigenvalue weighted by molar-refractivity contribution is 0.939. The molecule has 0 spiro atoms. The second-order valence-corrected chi connectivity index (χ2v) is 3.85. The zero-order valence-electron chi connectivity index (χ0n) is 10.4. The zero-order valence-corrected chi connectivity index (χ0v) is 10.4. The van der Waals surface area contributed by atoms with Gasteiger partial charge in [-0.25, -0.2) is 5.43 Å². The van der Waals surface area contributed by atoms with Gasteiger partial charge in [-0.1, -0.05) is 36.4 Å². The first-order valence-corrected chi connectivity index (χ1v) is 5.68. The highest BCUT2D eigenvalue weighted by Gasteiger charge is 1.92. The fourth-order valence-electron chi connectivity index (χ4n) is 1.41. The number of hydrogen-bond donors (Lipinski definition) is 2. The molecule has 1 aromatic heterocycles. The average Bonchev–Trinajstić information content (AvgIpc) is 2.40. The summed E-state index contributed by atoms with van der Waals surface area (Å²) in [6.07, 6.45) is 4.72. The van der Waals surface area contributed by atoms with Gasteiger partial charge in [0.05, 0.1) is 6.21 Å². The average molecular weight is 255 g/mol. The molecule has 0 radical (unpaired) electrons. The standard InChI is InChI=1S/C13H13N5O/c1-10(7-11-5-3-2-4-6-11)8-14-17-13-16-12(19)9-15-18-13/h2-9H,1H3,(H2,16,17,18,19)/b10-7-,14-8-. The number of aromatic nitrogens is 3. The number of aromatic amines is 1. The predicted octanol–water partition coefficient (Wildman–Crippen LogP) is 1.67. The Kier molecular flexibility index (Phi) is 4.17. The maximum atomic E-state index is 11.0. The summed E-state index contributed by atoms with van der Waals surface area (Å²) in [4.78, 5) is 13.4. The van der Waals surface area contributed by atoms with Crippen molar-refractivity contribution in [2.75, 3.05) is 5.43 Å². The Hall–Kier alpha value is -2.76. The molecular weight excluding hydrogens is 242 g/mol. The van der Waals surface area contributed by atoms with Gasteiger partial charge in [0.25, 0.3) is 5.56 Å². The van der Waals surface area contributed by atoms with E-state index in [-0.39, 0.29) is 11.5 Å². The van der Waals surface area contributed by atoms with Crippen LogP contribution in [0.1, 0.15) is 12.5 Å². The Morgan fingerprint density at radius 1 is 1.37 bits per heavy atom. The number of hydrazone groups is 1. The van der Waals surface area contributed by atoms with Crippen LogP contribution in [-0.4, -0.2) is 21.4 Å². The Morgan fingerprint density at radius 3 is 2.89 bits per heavy atom. The van der Waals surface area contributed by atoms with Crippen LogP contribution in [-0.2, 0) is 0 Å². The van der Waals surface area contributed by atoms with Gasteiger partial charge < -0.3 is 0 Å². The summed E-state index contributed by atoms with van der Waals surface area (Å²) in [6, 6.07) is 9.92. The van der Waals surface area contributed by atoms with Gasteiger partial charge in [0, 0.05) is 0 Å². The van der Waals surface area contributed by atoms with Crippen molar-refractivity contribution in [1.82, 2.24) is 15.2 Å². The molecule has 0 saturated heterocycles. The quantitative estimate of drug-likeness (QED) is 0.643. The predicted molar refractivity (Wildman–Crippen MR) is 74.9 cm³/mol. The normalized spacial score (nSPS) is 11.7. The fourth-order valence-corrected chi connectivity index (χ4v) is 1.41. The van der Waals surface area contributed by atoms with Crippen LogP contribution in [0.25, 0.3) is 6.08 Å². The molecule has 2 N–H and O–H groups in total. The summed E-state index contributed by atoms with van der Waals surface area (Å²) in [5.74, 6) is 0.205. The molecule has 0 unspecified atom stereocenters. The summed E-state index contributed by atoms with van der Waals surface area (Å²) >= 11 is 0. The van der Waals surface area contributed by atoms with E-state index in [1.54, 1.807) is 6.21 Å². The second-order valence-electron chi connectivity index (χ2n) is 3.85. The highest BCUT2D eigenvalue weighted by molar-refractivity contribution is 5.85. The highest BCUT2D eigenvalue weighted by atomic mass is 16.1. The van der Waals surface area contributed by atoms with Crippen LogP contribution in [0.2, 0.25) is 0 Å². The van der Waals surface area contributed by atoms with Crippen molar-refractivity contribution in [3.05, 3.63) is 58.0 Å². The van der Waals surface area contributed by atoms with Crippen LogP contribution >= 0.6 is 0 Å². The fraction of sp³-hybridized carbons (Fsp3) is 0.0769. The molecule has 0 amide bonds. The lowest BCUT2D eigenvalue weighted by atomic mass is 10.1. The largest absolute Gasteiger partial charge is 0.289 e. The van der Waals surface area contributed by atoms with Crippen molar-refractivity contribution < 1.29 is 0 Å². The van der Waals surface area contributed by atoms with Crippen molar-refractivity contribution >= 4 is 18.2 Å². The van der Waals surface area contributed by atoms with E-state index in [4.69, 9.17) is 0 Å². The van der Waals surface area contributed by atoms with Gasteiger partial charge in [-0.15, -0.1) is 10.2 Å². The number of allylic oxidation sites excluding steroid dienone is 1. The summed E-state index contributed by atoms with van der Waals surface area (Å²) in [5.41, 5.74) is 4.33. The van der Waals surface area contributed by atoms with Crippen molar-refractivity contribution in [1.29, 1.82) is 0 Å². The molecule has 2 aromatic rings. The van der Waals surface area contributed by atoms with Gasteiger partial charge in [0.1, 0.15) is 6.20 Å². The highest BCUT2D eigenvalue weighted by Crippen LogP contribution is 2.04. The molecule has 2 rings (SSSR count). The molecule has 1 heterocycles. The molecule has 0 atom stereocenters. The first-order valence-electron chi connectivity index (χ1n) is 5.68. The molecule has 6 heteroatoms. The molecular formula is C13H13N5O.